The molecule has 0 aliphatic carbocycles. The summed E-state index contributed by atoms with van der Waals surface area (Å²) < 4.78 is 6.23. The van der Waals surface area contributed by atoms with Crippen molar-refractivity contribution in [1.82, 2.24) is 14.9 Å². The molecule has 0 radical (unpaired) electrons. The third-order valence-electron chi connectivity index (χ3n) is 5.26. The lowest BCUT2D eigenvalue weighted by Gasteiger charge is -2.39. The molecule has 0 aromatic carbocycles. The zero-order valence-electron chi connectivity index (χ0n) is 14.8. The Bertz CT molecular complexity index is 740. The Labute approximate surface area is 153 Å². The zero-order valence-corrected chi connectivity index (χ0v) is 14.8. The topological polar surface area (TPSA) is 67.4 Å². The summed E-state index contributed by atoms with van der Waals surface area (Å²) in [5, 5.41) is 3.39. The van der Waals surface area contributed by atoms with Gasteiger partial charge in [0.25, 0.3) is 5.91 Å². The van der Waals surface area contributed by atoms with E-state index < -0.39 is 0 Å². The smallest absolute Gasteiger partial charge is 0.255 e. The maximum atomic E-state index is 12.7. The minimum atomic E-state index is -0.202. The van der Waals surface area contributed by atoms with Crippen molar-refractivity contribution in [3.05, 3.63) is 54.5 Å². The van der Waals surface area contributed by atoms with Crippen molar-refractivity contribution >= 4 is 11.7 Å². The standard InChI is InChI=1S/C20H24N4O2/c25-19(17-5-3-8-21-13-17)24-10-4-7-20(15-24)11-16(14-26-20)12-23-18-6-1-2-9-22-18/h1-3,5-6,8-9,13,16H,4,7,10-12,14-15H2,(H,22,23). The van der Waals surface area contributed by atoms with Gasteiger partial charge in [-0.1, -0.05) is 6.07 Å². The Balaban J connectivity index is 1.36. The van der Waals surface area contributed by atoms with E-state index in [0.717, 1.165) is 44.8 Å². The lowest BCUT2D eigenvalue weighted by atomic mass is 9.86. The highest BCUT2D eigenvalue weighted by atomic mass is 16.5. The number of nitrogens with one attached hydrogen (secondary N) is 1. The molecule has 0 bridgehead atoms. The minimum absolute atomic E-state index is 0.0517. The second-order valence-electron chi connectivity index (χ2n) is 7.23. The van der Waals surface area contributed by atoms with Crippen molar-refractivity contribution in [3.63, 3.8) is 0 Å². The van der Waals surface area contributed by atoms with Crippen LogP contribution in [-0.2, 0) is 4.74 Å². The SMILES string of the molecule is O=C(c1cccnc1)N1CCCC2(CC(CNc3ccccn3)CO2)C1. The lowest BCUT2D eigenvalue weighted by molar-refractivity contribution is -0.0449. The fraction of sp³-hybridized carbons (Fsp3) is 0.450. The Hall–Kier alpha value is -2.47. The fourth-order valence-corrected chi connectivity index (χ4v) is 4.01. The van der Waals surface area contributed by atoms with E-state index in [9.17, 15) is 4.79 Å². The molecular formula is C20H24N4O2. The number of amides is 1. The van der Waals surface area contributed by atoms with Gasteiger partial charge in [0.15, 0.2) is 0 Å². The molecule has 2 aromatic heterocycles. The highest BCUT2D eigenvalue weighted by molar-refractivity contribution is 5.94. The maximum Gasteiger partial charge on any atom is 0.255 e. The van der Waals surface area contributed by atoms with Crippen LogP contribution in [-0.4, -0.2) is 52.6 Å². The average molecular weight is 352 g/mol. The van der Waals surface area contributed by atoms with E-state index in [1.165, 1.54) is 0 Å². The molecule has 2 unspecified atom stereocenters. The number of rotatable bonds is 4. The largest absolute Gasteiger partial charge is 0.373 e. The van der Waals surface area contributed by atoms with Crippen molar-refractivity contribution in [2.24, 2.45) is 5.92 Å². The summed E-state index contributed by atoms with van der Waals surface area (Å²) in [5.74, 6) is 1.38. The van der Waals surface area contributed by atoms with Gasteiger partial charge in [-0.25, -0.2) is 4.98 Å². The average Bonchev–Trinajstić information content (AvgIpc) is 3.09. The number of hydrogen-bond donors (Lipinski definition) is 1. The first kappa shape index (κ1) is 17.0. The molecule has 26 heavy (non-hydrogen) atoms. The summed E-state index contributed by atoms with van der Waals surface area (Å²) in [6, 6.07) is 9.49. The highest BCUT2D eigenvalue weighted by Gasteiger charge is 2.44. The predicted molar refractivity (Wildman–Crippen MR) is 98.9 cm³/mol. The van der Waals surface area contributed by atoms with E-state index in [1.54, 1.807) is 24.7 Å². The predicted octanol–water partition coefficient (Wildman–Crippen LogP) is 2.60. The van der Waals surface area contributed by atoms with E-state index in [2.05, 4.69) is 15.3 Å². The van der Waals surface area contributed by atoms with Gasteiger partial charge in [-0.3, -0.25) is 9.78 Å². The number of hydrogen-bond acceptors (Lipinski definition) is 5. The van der Waals surface area contributed by atoms with Gasteiger partial charge in [0.05, 0.1) is 17.8 Å². The molecule has 1 N–H and O–H groups in total. The molecule has 2 aromatic rings. The summed E-state index contributed by atoms with van der Waals surface area (Å²) in [4.78, 5) is 23.0. The van der Waals surface area contributed by atoms with E-state index in [4.69, 9.17) is 4.74 Å². The number of aromatic nitrogens is 2. The number of carbonyl (C=O) groups is 1. The van der Waals surface area contributed by atoms with Crippen LogP contribution in [0.25, 0.3) is 0 Å². The van der Waals surface area contributed by atoms with Crippen LogP contribution in [0.5, 0.6) is 0 Å². The molecule has 2 saturated heterocycles. The van der Waals surface area contributed by atoms with Crippen LogP contribution in [0.2, 0.25) is 0 Å². The molecule has 6 heteroatoms. The molecule has 2 atom stereocenters. The molecule has 6 nitrogen and oxygen atoms in total. The number of piperidine rings is 1. The molecule has 0 saturated carbocycles. The number of anilines is 1. The zero-order chi connectivity index (χ0) is 17.8. The number of nitrogens with zero attached hydrogens (tertiary/aromatic N) is 3. The van der Waals surface area contributed by atoms with Crippen LogP contribution in [0.3, 0.4) is 0 Å². The number of pyridine rings is 2. The minimum Gasteiger partial charge on any atom is -0.373 e. The Morgan fingerprint density at radius 1 is 1.31 bits per heavy atom. The van der Waals surface area contributed by atoms with Gasteiger partial charge in [-0.15, -0.1) is 0 Å². The maximum absolute atomic E-state index is 12.7. The molecule has 2 aliphatic heterocycles. The van der Waals surface area contributed by atoms with Gasteiger partial charge >= 0.3 is 0 Å². The first-order chi connectivity index (χ1) is 12.7. The van der Waals surface area contributed by atoms with E-state index in [0.29, 0.717) is 18.0 Å². The van der Waals surface area contributed by atoms with Gasteiger partial charge in [-0.2, -0.15) is 0 Å². The third-order valence-corrected chi connectivity index (χ3v) is 5.26. The van der Waals surface area contributed by atoms with E-state index in [1.807, 2.05) is 29.2 Å². The summed E-state index contributed by atoms with van der Waals surface area (Å²) in [6.45, 7) is 3.03. The normalized spacial score (nSPS) is 25.4. The van der Waals surface area contributed by atoms with E-state index in [-0.39, 0.29) is 11.5 Å². The van der Waals surface area contributed by atoms with Crippen LogP contribution in [0.4, 0.5) is 5.82 Å². The van der Waals surface area contributed by atoms with Crippen molar-refractivity contribution in [1.29, 1.82) is 0 Å². The molecule has 1 spiro atoms. The van der Waals surface area contributed by atoms with Gasteiger partial charge in [0.2, 0.25) is 0 Å². The molecule has 4 rings (SSSR count). The summed E-state index contributed by atoms with van der Waals surface area (Å²) >= 11 is 0. The summed E-state index contributed by atoms with van der Waals surface area (Å²) in [5.41, 5.74) is 0.447. The van der Waals surface area contributed by atoms with Crippen LogP contribution in [0, 0.1) is 5.92 Å². The number of carbonyl (C=O) groups excluding carboxylic acids is 1. The molecule has 1 amide bonds. The van der Waals surface area contributed by atoms with Crippen LogP contribution >= 0.6 is 0 Å². The monoisotopic (exact) mass is 352 g/mol. The van der Waals surface area contributed by atoms with Crippen LogP contribution in [0.1, 0.15) is 29.6 Å². The van der Waals surface area contributed by atoms with E-state index >= 15 is 0 Å². The molecular weight excluding hydrogens is 328 g/mol. The summed E-state index contributed by atoms with van der Waals surface area (Å²) in [7, 11) is 0. The fourth-order valence-electron chi connectivity index (χ4n) is 4.01. The van der Waals surface area contributed by atoms with Crippen LogP contribution < -0.4 is 5.32 Å². The molecule has 2 fully saturated rings. The Morgan fingerprint density at radius 2 is 2.27 bits per heavy atom. The first-order valence-electron chi connectivity index (χ1n) is 9.22. The molecule has 4 heterocycles. The van der Waals surface area contributed by atoms with Crippen LogP contribution in [0.15, 0.2) is 48.9 Å². The van der Waals surface area contributed by atoms with Crippen molar-refractivity contribution in [2.75, 3.05) is 31.6 Å². The second kappa shape index (κ2) is 7.41. The number of ether oxygens (including phenoxy) is 1. The summed E-state index contributed by atoms with van der Waals surface area (Å²) in [6.07, 6.45) is 8.09. The van der Waals surface area contributed by atoms with Crippen molar-refractivity contribution in [3.8, 4) is 0 Å². The van der Waals surface area contributed by atoms with Crippen molar-refractivity contribution in [2.45, 2.75) is 24.9 Å². The van der Waals surface area contributed by atoms with Gasteiger partial charge in [0.1, 0.15) is 5.82 Å². The van der Waals surface area contributed by atoms with Crippen molar-refractivity contribution < 1.29 is 9.53 Å². The quantitative estimate of drug-likeness (QED) is 0.916. The highest BCUT2D eigenvalue weighted by Crippen LogP contribution is 2.37. The van der Waals surface area contributed by atoms with Gasteiger partial charge in [0, 0.05) is 44.1 Å². The third kappa shape index (κ3) is 3.70. The Morgan fingerprint density at radius 3 is 3.08 bits per heavy atom. The molecule has 2 aliphatic rings. The van der Waals surface area contributed by atoms with Gasteiger partial charge < -0.3 is 15.0 Å². The Kier molecular flexibility index (Phi) is 4.84. The van der Waals surface area contributed by atoms with Gasteiger partial charge in [-0.05, 0) is 43.5 Å². The lowest BCUT2D eigenvalue weighted by Crippen LogP contribution is -2.50. The second-order valence-corrected chi connectivity index (χ2v) is 7.23. The molecule has 136 valence electrons. The number of likely N-dealkylation sites (tertiary alicyclic amines) is 1. The first-order valence-corrected chi connectivity index (χ1v) is 9.22.